The molecule has 26 heavy (non-hydrogen) atoms. The van der Waals surface area contributed by atoms with Crippen molar-refractivity contribution in [2.24, 2.45) is 0 Å². The van der Waals surface area contributed by atoms with Crippen LogP contribution in [0, 0.1) is 13.8 Å². The number of benzene rings is 1. The van der Waals surface area contributed by atoms with Crippen LogP contribution in [0.5, 0.6) is 0 Å². The predicted molar refractivity (Wildman–Crippen MR) is 93.8 cm³/mol. The Bertz CT molecular complexity index is 978. The maximum atomic E-state index is 12.6. The van der Waals surface area contributed by atoms with E-state index in [4.69, 9.17) is 0 Å². The van der Waals surface area contributed by atoms with E-state index in [0.717, 1.165) is 17.0 Å². The number of carbonyl (C=O) groups excluding carboxylic acids is 2. The topological polar surface area (TPSA) is 89.7 Å². The summed E-state index contributed by atoms with van der Waals surface area (Å²) in [5, 5.41) is 4.26. The van der Waals surface area contributed by atoms with E-state index in [1.165, 1.54) is 12.0 Å². The van der Waals surface area contributed by atoms with Gasteiger partial charge >= 0.3 is 5.97 Å². The molecule has 0 bridgehead atoms. The Morgan fingerprint density at radius 1 is 1.15 bits per heavy atom. The number of amides is 1. The van der Waals surface area contributed by atoms with Gasteiger partial charge in [-0.1, -0.05) is 12.1 Å². The third-order valence-corrected chi connectivity index (χ3v) is 3.95. The molecule has 0 N–H and O–H groups in total. The zero-order valence-corrected chi connectivity index (χ0v) is 15.1. The molecule has 0 unspecified atom stereocenters. The summed E-state index contributed by atoms with van der Waals surface area (Å²) in [5.74, 6) is -0.195. The molecular formula is C18H19N5O3. The van der Waals surface area contributed by atoms with E-state index in [1.54, 1.807) is 35.8 Å². The van der Waals surface area contributed by atoms with Gasteiger partial charge in [0.1, 0.15) is 0 Å². The normalized spacial score (nSPS) is 10.8. The lowest BCUT2D eigenvalue weighted by Crippen LogP contribution is -2.27. The fraction of sp³-hybridized carbons (Fsp3) is 0.278. The van der Waals surface area contributed by atoms with Gasteiger partial charge in [-0.25, -0.2) is 14.3 Å². The lowest BCUT2D eigenvalue weighted by Gasteiger charge is -2.15. The Morgan fingerprint density at radius 2 is 1.85 bits per heavy atom. The van der Waals surface area contributed by atoms with Crippen LogP contribution in [0.3, 0.4) is 0 Å². The summed E-state index contributed by atoms with van der Waals surface area (Å²) < 4.78 is 6.23. The van der Waals surface area contributed by atoms with E-state index in [0.29, 0.717) is 17.9 Å². The number of nitrogens with zero attached hydrogens (tertiary/aromatic N) is 5. The third kappa shape index (κ3) is 3.39. The zero-order chi connectivity index (χ0) is 18.8. The van der Waals surface area contributed by atoms with E-state index in [1.807, 2.05) is 19.9 Å². The molecule has 0 radical (unpaired) electrons. The number of methoxy groups -OCH3 is 1. The Labute approximate surface area is 150 Å². The average Bonchev–Trinajstić information content (AvgIpc) is 3.05. The Hall–Kier alpha value is -3.29. The van der Waals surface area contributed by atoms with Crippen LogP contribution in [-0.2, 0) is 11.3 Å². The molecule has 0 aliphatic carbocycles. The largest absolute Gasteiger partial charge is 0.465 e. The second kappa shape index (κ2) is 6.91. The molecule has 0 saturated heterocycles. The number of hydrogen-bond donors (Lipinski definition) is 0. The van der Waals surface area contributed by atoms with Crippen molar-refractivity contribution in [1.29, 1.82) is 0 Å². The highest BCUT2D eigenvalue weighted by atomic mass is 16.5. The fourth-order valence-electron chi connectivity index (χ4n) is 2.64. The predicted octanol–water partition coefficient (Wildman–Crippen LogP) is 1.80. The molecule has 0 aliphatic rings. The van der Waals surface area contributed by atoms with Crippen molar-refractivity contribution < 1.29 is 14.3 Å². The summed E-state index contributed by atoms with van der Waals surface area (Å²) in [5.41, 5.74) is 3.02. The summed E-state index contributed by atoms with van der Waals surface area (Å²) >= 11 is 0. The molecule has 8 heteroatoms. The van der Waals surface area contributed by atoms with Crippen molar-refractivity contribution in [1.82, 2.24) is 24.5 Å². The molecule has 0 fully saturated rings. The SMILES string of the molecule is COC(=O)c1ccc(CN(C)C(=O)c2nc3nc(C)cc(C)n3n2)cc1. The summed E-state index contributed by atoms with van der Waals surface area (Å²) in [6.45, 7) is 4.12. The second-order valence-electron chi connectivity index (χ2n) is 6.04. The highest BCUT2D eigenvalue weighted by Gasteiger charge is 2.19. The minimum Gasteiger partial charge on any atom is -0.465 e. The van der Waals surface area contributed by atoms with Gasteiger partial charge in [0, 0.05) is 25.0 Å². The van der Waals surface area contributed by atoms with Crippen molar-refractivity contribution in [3.05, 3.63) is 58.7 Å². The highest BCUT2D eigenvalue weighted by Crippen LogP contribution is 2.11. The van der Waals surface area contributed by atoms with Crippen LogP contribution in [-0.4, -0.2) is 50.5 Å². The first-order chi connectivity index (χ1) is 12.4. The van der Waals surface area contributed by atoms with Crippen molar-refractivity contribution in [3.8, 4) is 0 Å². The minimum absolute atomic E-state index is 0.0971. The van der Waals surface area contributed by atoms with Crippen LogP contribution in [0.2, 0.25) is 0 Å². The van der Waals surface area contributed by atoms with Gasteiger partial charge in [-0.3, -0.25) is 4.79 Å². The van der Waals surface area contributed by atoms with Gasteiger partial charge in [0.05, 0.1) is 12.7 Å². The Morgan fingerprint density at radius 3 is 2.50 bits per heavy atom. The Balaban J connectivity index is 1.77. The molecule has 8 nitrogen and oxygen atoms in total. The molecule has 0 atom stereocenters. The van der Waals surface area contributed by atoms with Gasteiger partial charge in [0.25, 0.3) is 11.7 Å². The molecule has 1 aromatic carbocycles. The van der Waals surface area contributed by atoms with Gasteiger partial charge in [-0.15, -0.1) is 5.10 Å². The molecule has 2 aromatic heterocycles. The van der Waals surface area contributed by atoms with E-state index in [9.17, 15) is 9.59 Å². The minimum atomic E-state index is -0.395. The van der Waals surface area contributed by atoms with E-state index in [-0.39, 0.29) is 11.7 Å². The van der Waals surface area contributed by atoms with Crippen LogP contribution >= 0.6 is 0 Å². The summed E-state index contributed by atoms with van der Waals surface area (Å²) in [6, 6.07) is 8.77. The zero-order valence-electron chi connectivity index (χ0n) is 15.1. The number of rotatable bonds is 4. The molecular weight excluding hydrogens is 334 g/mol. The van der Waals surface area contributed by atoms with E-state index in [2.05, 4.69) is 19.8 Å². The van der Waals surface area contributed by atoms with Crippen LogP contribution in [0.15, 0.2) is 30.3 Å². The molecule has 0 aliphatic heterocycles. The van der Waals surface area contributed by atoms with Gasteiger partial charge in [0.2, 0.25) is 5.82 Å². The van der Waals surface area contributed by atoms with Gasteiger partial charge in [0.15, 0.2) is 0 Å². The van der Waals surface area contributed by atoms with Crippen molar-refractivity contribution >= 4 is 17.7 Å². The molecule has 1 amide bonds. The molecule has 0 spiro atoms. The van der Waals surface area contributed by atoms with Crippen LogP contribution in [0.25, 0.3) is 5.78 Å². The van der Waals surface area contributed by atoms with Crippen molar-refractivity contribution in [2.75, 3.05) is 14.2 Å². The monoisotopic (exact) mass is 353 g/mol. The number of fused-ring (bicyclic) bond motifs is 1. The quantitative estimate of drug-likeness (QED) is 0.665. The number of esters is 1. The lowest BCUT2D eigenvalue weighted by molar-refractivity contribution is 0.0600. The second-order valence-corrected chi connectivity index (χ2v) is 6.04. The highest BCUT2D eigenvalue weighted by molar-refractivity contribution is 5.91. The lowest BCUT2D eigenvalue weighted by atomic mass is 10.1. The van der Waals surface area contributed by atoms with E-state index >= 15 is 0 Å². The first-order valence-electron chi connectivity index (χ1n) is 8.03. The Kier molecular flexibility index (Phi) is 4.66. The first kappa shape index (κ1) is 17.5. The van der Waals surface area contributed by atoms with Gasteiger partial charge < -0.3 is 9.64 Å². The number of carbonyl (C=O) groups is 2. The van der Waals surface area contributed by atoms with Gasteiger partial charge in [-0.2, -0.15) is 4.98 Å². The molecule has 3 rings (SSSR count). The molecule has 2 heterocycles. The number of hydrogen-bond acceptors (Lipinski definition) is 6. The average molecular weight is 353 g/mol. The number of aryl methyl sites for hydroxylation is 2. The van der Waals surface area contributed by atoms with Crippen molar-refractivity contribution in [2.45, 2.75) is 20.4 Å². The molecule has 0 saturated carbocycles. The summed E-state index contributed by atoms with van der Waals surface area (Å²) in [7, 11) is 3.01. The van der Waals surface area contributed by atoms with Gasteiger partial charge in [-0.05, 0) is 37.6 Å². The fourth-order valence-corrected chi connectivity index (χ4v) is 2.64. The van der Waals surface area contributed by atoms with E-state index < -0.39 is 5.97 Å². The summed E-state index contributed by atoms with van der Waals surface area (Å²) in [6.07, 6.45) is 0. The number of ether oxygens (including phenoxy) is 1. The molecule has 134 valence electrons. The summed E-state index contributed by atoms with van der Waals surface area (Å²) in [4.78, 5) is 34.1. The van der Waals surface area contributed by atoms with Crippen molar-refractivity contribution in [3.63, 3.8) is 0 Å². The van der Waals surface area contributed by atoms with Crippen LogP contribution in [0.1, 0.15) is 37.9 Å². The molecule has 3 aromatic rings. The first-order valence-corrected chi connectivity index (χ1v) is 8.03. The maximum Gasteiger partial charge on any atom is 0.337 e. The maximum absolute atomic E-state index is 12.6. The smallest absolute Gasteiger partial charge is 0.337 e. The number of aromatic nitrogens is 4. The van der Waals surface area contributed by atoms with Crippen LogP contribution in [0.4, 0.5) is 0 Å². The third-order valence-electron chi connectivity index (χ3n) is 3.95. The standard InChI is InChI=1S/C18H19N5O3/c1-11-9-12(2)23-18(19-11)20-15(21-23)16(24)22(3)10-13-5-7-14(8-6-13)17(25)26-4/h5-9H,10H2,1-4H3. The van der Waals surface area contributed by atoms with Crippen LogP contribution < -0.4 is 0 Å².